The third-order valence-corrected chi connectivity index (χ3v) is 3.63. The molecule has 7 heteroatoms. The number of nitrogens with two attached hydrogens (primary N) is 1. The molecule has 21 heavy (non-hydrogen) atoms. The van der Waals surface area contributed by atoms with Gasteiger partial charge in [0.15, 0.2) is 0 Å². The second-order valence-corrected chi connectivity index (χ2v) is 6.02. The van der Waals surface area contributed by atoms with E-state index in [0.717, 1.165) is 5.56 Å². The molecule has 0 aliphatic carbocycles. The van der Waals surface area contributed by atoms with Crippen molar-refractivity contribution in [2.45, 2.75) is 38.8 Å². The SMILES string of the molecule is CC(C)C[C@@H](O)C(=O)N[C@@H](Cc1cccnc1Br)C(N)=O. The maximum Gasteiger partial charge on any atom is 0.249 e. The quantitative estimate of drug-likeness (QED) is 0.626. The summed E-state index contributed by atoms with van der Waals surface area (Å²) in [4.78, 5) is 27.4. The fourth-order valence-corrected chi connectivity index (χ4v) is 2.25. The molecule has 2 atom stereocenters. The van der Waals surface area contributed by atoms with E-state index in [9.17, 15) is 14.7 Å². The second kappa shape index (κ2) is 8.09. The molecule has 4 N–H and O–H groups in total. The Kier molecular flexibility index (Phi) is 6.77. The van der Waals surface area contributed by atoms with E-state index in [1.165, 1.54) is 0 Å². The molecule has 0 aliphatic heterocycles. The summed E-state index contributed by atoms with van der Waals surface area (Å²) in [5, 5.41) is 12.2. The number of rotatable bonds is 7. The number of aliphatic hydroxyl groups excluding tert-OH is 1. The zero-order chi connectivity index (χ0) is 16.0. The van der Waals surface area contributed by atoms with Crippen molar-refractivity contribution >= 4 is 27.7 Å². The summed E-state index contributed by atoms with van der Waals surface area (Å²) in [6.45, 7) is 3.80. The number of halogens is 1. The van der Waals surface area contributed by atoms with E-state index < -0.39 is 24.0 Å². The van der Waals surface area contributed by atoms with Crippen LogP contribution in [0.1, 0.15) is 25.8 Å². The number of hydrogen-bond acceptors (Lipinski definition) is 4. The van der Waals surface area contributed by atoms with Crippen molar-refractivity contribution in [2.24, 2.45) is 11.7 Å². The third kappa shape index (κ3) is 5.81. The Bertz CT molecular complexity index is 508. The van der Waals surface area contributed by atoms with Gasteiger partial charge in [0.1, 0.15) is 16.7 Å². The van der Waals surface area contributed by atoms with Crippen LogP contribution in [0.4, 0.5) is 0 Å². The number of carbonyl (C=O) groups excluding carboxylic acids is 2. The van der Waals surface area contributed by atoms with Crippen molar-refractivity contribution in [1.29, 1.82) is 0 Å². The lowest BCUT2D eigenvalue weighted by Gasteiger charge is -2.19. The molecule has 2 amide bonds. The van der Waals surface area contributed by atoms with Gasteiger partial charge in [-0.2, -0.15) is 0 Å². The Morgan fingerprint density at radius 3 is 2.67 bits per heavy atom. The molecule has 1 aromatic rings. The van der Waals surface area contributed by atoms with E-state index >= 15 is 0 Å². The first kappa shape index (κ1) is 17.6. The number of aromatic nitrogens is 1. The van der Waals surface area contributed by atoms with Crippen LogP contribution in [-0.4, -0.2) is 34.1 Å². The summed E-state index contributed by atoms with van der Waals surface area (Å²) in [6, 6.07) is 2.62. The molecule has 0 saturated carbocycles. The lowest BCUT2D eigenvalue weighted by atomic mass is 10.0. The molecule has 0 aromatic carbocycles. The normalized spacial score (nSPS) is 13.8. The van der Waals surface area contributed by atoms with Crippen LogP contribution in [0.3, 0.4) is 0 Å². The number of aliphatic hydroxyl groups is 1. The van der Waals surface area contributed by atoms with Crippen LogP contribution in [0.2, 0.25) is 0 Å². The molecule has 0 saturated heterocycles. The van der Waals surface area contributed by atoms with Gasteiger partial charge in [0.05, 0.1) is 0 Å². The van der Waals surface area contributed by atoms with Gasteiger partial charge in [-0.1, -0.05) is 19.9 Å². The van der Waals surface area contributed by atoms with Crippen LogP contribution in [0, 0.1) is 5.92 Å². The minimum Gasteiger partial charge on any atom is -0.383 e. The predicted octanol–water partition coefficient (Wildman–Crippen LogP) is 0.764. The predicted molar refractivity (Wildman–Crippen MR) is 82.2 cm³/mol. The Morgan fingerprint density at radius 1 is 1.48 bits per heavy atom. The van der Waals surface area contributed by atoms with Gasteiger partial charge >= 0.3 is 0 Å². The van der Waals surface area contributed by atoms with Crippen LogP contribution in [0.25, 0.3) is 0 Å². The number of pyridine rings is 1. The molecule has 1 heterocycles. The van der Waals surface area contributed by atoms with Crippen molar-refractivity contribution < 1.29 is 14.7 Å². The standard InChI is InChI=1S/C14H20BrN3O3/c1-8(2)6-11(19)14(21)18-10(13(16)20)7-9-4-3-5-17-12(9)15/h3-5,8,10-11,19H,6-7H2,1-2H3,(H2,16,20)(H,18,21)/t10-,11+/m0/s1. The Morgan fingerprint density at radius 2 is 2.14 bits per heavy atom. The summed E-state index contributed by atoms with van der Waals surface area (Å²) in [6.07, 6.45) is 1.000. The molecule has 0 bridgehead atoms. The van der Waals surface area contributed by atoms with Crippen LogP contribution in [-0.2, 0) is 16.0 Å². The van der Waals surface area contributed by atoms with Gasteiger partial charge in [0.25, 0.3) is 0 Å². The summed E-state index contributed by atoms with van der Waals surface area (Å²) in [5.41, 5.74) is 6.06. The zero-order valence-corrected chi connectivity index (χ0v) is 13.6. The second-order valence-electron chi connectivity index (χ2n) is 5.27. The zero-order valence-electron chi connectivity index (χ0n) is 12.0. The van der Waals surface area contributed by atoms with E-state index in [0.29, 0.717) is 11.0 Å². The summed E-state index contributed by atoms with van der Waals surface area (Å²) in [5.74, 6) is -1.08. The molecule has 0 spiro atoms. The highest BCUT2D eigenvalue weighted by molar-refractivity contribution is 9.10. The topological polar surface area (TPSA) is 105 Å². The number of nitrogens with one attached hydrogen (secondary N) is 1. The maximum absolute atomic E-state index is 11.9. The molecule has 0 radical (unpaired) electrons. The smallest absolute Gasteiger partial charge is 0.249 e. The lowest BCUT2D eigenvalue weighted by molar-refractivity contribution is -0.133. The average molecular weight is 358 g/mol. The highest BCUT2D eigenvalue weighted by Crippen LogP contribution is 2.15. The van der Waals surface area contributed by atoms with Crippen molar-refractivity contribution in [2.75, 3.05) is 0 Å². The van der Waals surface area contributed by atoms with Crippen molar-refractivity contribution in [3.63, 3.8) is 0 Å². The van der Waals surface area contributed by atoms with Crippen LogP contribution in [0.15, 0.2) is 22.9 Å². The summed E-state index contributed by atoms with van der Waals surface area (Å²) < 4.78 is 0.591. The maximum atomic E-state index is 11.9. The molecule has 0 unspecified atom stereocenters. The first-order valence-electron chi connectivity index (χ1n) is 6.68. The van der Waals surface area contributed by atoms with Crippen LogP contribution in [0.5, 0.6) is 0 Å². The van der Waals surface area contributed by atoms with Gasteiger partial charge < -0.3 is 16.2 Å². The summed E-state index contributed by atoms with van der Waals surface area (Å²) in [7, 11) is 0. The van der Waals surface area contributed by atoms with Gasteiger partial charge in [-0.3, -0.25) is 9.59 Å². The first-order chi connectivity index (χ1) is 9.81. The van der Waals surface area contributed by atoms with Crippen LogP contribution >= 0.6 is 15.9 Å². The van der Waals surface area contributed by atoms with Crippen molar-refractivity contribution in [3.8, 4) is 0 Å². The molecule has 0 aliphatic rings. The number of nitrogens with zero attached hydrogens (tertiary/aromatic N) is 1. The number of hydrogen-bond donors (Lipinski definition) is 3. The van der Waals surface area contributed by atoms with Crippen LogP contribution < -0.4 is 11.1 Å². The van der Waals surface area contributed by atoms with Gasteiger partial charge in [0.2, 0.25) is 11.8 Å². The molecule has 0 fully saturated rings. The Hall–Kier alpha value is -1.47. The number of amides is 2. The highest BCUT2D eigenvalue weighted by atomic mass is 79.9. The van der Waals surface area contributed by atoms with Gasteiger partial charge in [0, 0.05) is 12.6 Å². The molecule has 116 valence electrons. The minimum absolute atomic E-state index is 0.172. The fourth-order valence-electron chi connectivity index (χ4n) is 1.84. The monoisotopic (exact) mass is 357 g/mol. The minimum atomic E-state index is -1.15. The Balaban J connectivity index is 2.73. The molecule has 1 rings (SSSR count). The van der Waals surface area contributed by atoms with Gasteiger partial charge in [-0.15, -0.1) is 0 Å². The van der Waals surface area contributed by atoms with E-state index in [2.05, 4.69) is 26.2 Å². The van der Waals surface area contributed by atoms with Crippen molar-refractivity contribution in [1.82, 2.24) is 10.3 Å². The molecular formula is C14H20BrN3O3. The number of primary amides is 1. The molecule has 1 aromatic heterocycles. The average Bonchev–Trinajstić information content (AvgIpc) is 2.39. The van der Waals surface area contributed by atoms with E-state index in [-0.39, 0.29) is 12.3 Å². The van der Waals surface area contributed by atoms with Crippen molar-refractivity contribution in [3.05, 3.63) is 28.5 Å². The van der Waals surface area contributed by atoms with E-state index in [1.54, 1.807) is 18.3 Å². The third-order valence-electron chi connectivity index (χ3n) is 2.92. The largest absolute Gasteiger partial charge is 0.383 e. The molecular weight excluding hydrogens is 338 g/mol. The number of carbonyl (C=O) groups is 2. The highest BCUT2D eigenvalue weighted by Gasteiger charge is 2.24. The van der Waals surface area contributed by atoms with Gasteiger partial charge in [-0.25, -0.2) is 4.98 Å². The Labute approximate surface area is 132 Å². The first-order valence-corrected chi connectivity index (χ1v) is 7.47. The molecule has 6 nitrogen and oxygen atoms in total. The summed E-state index contributed by atoms with van der Waals surface area (Å²) >= 11 is 3.28. The van der Waals surface area contributed by atoms with E-state index in [4.69, 9.17) is 5.73 Å². The van der Waals surface area contributed by atoms with E-state index in [1.807, 2.05) is 13.8 Å². The van der Waals surface area contributed by atoms with Gasteiger partial charge in [-0.05, 0) is 39.9 Å². The lowest BCUT2D eigenvalue weighted by Crippen LogP contribution is -2.49. The fraction of sp³-hybridized carbons (Fsp3) is 0.500.